The van der Waals surface area contributed by atoms with Gasteiger partial charge in [0.15, 0.2) is 22.3 Å². The summed E-state index contributed by atoms with van der Waals surface area (Å²) in [6, 6.07) is 2.63. The minimum atomic E-state index is -1.79. The molecule has 19 heteroatoms. The first kappa shape index (κ1) is 38.9. The van der Waals surface area contributed by atoms with Crippen molar-refractivity contribution in [3.05, 3.63) is 46.1 Å². The molecule has 3 heterocycles. The first-order valence-corrected chi connectivity index (χ1v) is 18.0. The van der Waals surface area contributed by atoms with E-state index in [1.807, 2.05) is 4.90 Å². The maximum Gasteiger partial charge on any atom is 0.352 e. The molecule has 1 aromatic carbocycles. The van der Waals surface area contributed by atoms with E-state index in [4.69, 9.17) is 10.6 Å². The molecule has 2 atom stereocenters. The van der Waals surface area contributed by atoms with Crippen LogP contribution in [0.5, 0.6) is 11.5 Å². The maximum absolute atomic E-state index is 13.4. The number of nitrogens with two attached hydrogens (primary N) is 1. The largest absolute Gasteiger partial charge is 0.504 e. The molecule has 0 bridgehead atoms. The number of nitrogens with zero attached hydrogens (tertiary/aromatic N) is 4. The number of amides is 3. The lowest BCUT2D eigenvalue weighted by Crippen LogP contribution is -2.71. The molecule has 4 rings (SSSR count). The van der Waals surface area contributed by atoms with Gasteiger partial charge in [-0.1, -0.05) is 31.3 Å². The number of hydrogen-bond acceptors (Lipinski definition) is 14. The van der Waals surface area contributed by atoms with E-state index in [0.717, 1.165) is 48.0 Å². The number of anilines is 1. The number of aliphatic carboxylic acids is 2. The predicted molar refractivity (Wildman–Crippen MR) is 188 cm³/mol. The highest BCUT2D eigenvalue weighted by Crippen LogP contribution is 2.40. The molecule has 1 aromatic heterocycles. The first-order valence-electron chi connectivity index (χ1n) is 16.1. The second-order valence-corrected chi connectivity index (χ2v) is 14.3. The fourth-order valence-corrected chi connectivity index (χ4v) is 7.09. The van der Waals surface area contributed by atoms with Crippen LogP contribution in [-0.2, 0) is 24.0 Å². The Kier molecular flexibility index (Phi) is 12.9. The van der Waals surface area contributed by atoms with Crippen molar-refractivity contribution in [1.29, 1.82) is 0 Å². The van der Waals surface area contributed by atoms with Crippen molar-refractivity contribution in [2.24, 2.45) is 5.16 Å². The van der Waals surface area contributed by atoms with Crippen molar-refractivity contribution in [3.8, 4) is 11.5 Å². The van der Waals surface area contributed by atoms with Gasteiger partial charge in [-0.15, -0.1) is 23.1 Å². The highest BCUT2D eigenvalue weighted by atomic mass is 32.2. The van der Waals surface area contributed by atoms with E-state index >= 15 is 0 Å². The number of carbonyl (C=O) groups is 5. The van der Waals surface area contributed by atoms with Crippen LogP contribution in [0.25, 0.3) is 0 Å². The monoisotopic (exact) mass is 747 g/mol. The molecule has 1 fully saturated rings. The summed E-state index contributed by atoms with van der Waals surface area (Å²) in [6.45, 7) is 5.95. The van der Waals surface area contributed by atoms with Crippen molar-refractivity contribution in [1.82, 2.24) is 25.4 Å². The molecule has 2 unspecified atom stereocenters. The van der Waals surface area contributed by atoms with Gasteiger partial charge in [0.1, 0.15) is 22.8 Å². The van der Waals surface area contributed by atoms with Gasteiger partial charge >= 0.3 is 11.9 Å². The number of nitrogen functional groups attached to an aromatic ring is 1. The molecule has 51 heavy (non-hydrogen) atoms. The molecule has 2 aliphatic rings. The van der Waals surface area contributed by atoms with Crippen LogP contribution >= 0.6 is 23.1 Å². The normalized spacial score (nSPS) is 17.5. The highest BCUT2D eigenvalue weighted by Gasteiger charge is 2.54. The van der Waals surface area contributed by atoms with Crippen LogP contribution in [0.15, 0.2) is 40.0 Å². The molecule has 3 amide bonds. The number of thioether (sulfide) groups is 1. The van der Waals surface area contributed by atoms with Crippen molar-refractivity contribution in [2.45, 2.75) is 63.5 Å². The van der Waals surface area contributed by atoms with Crippen LogP contribution in [0, 0.1) is 0 Å². The van der Waals surface area contributed by atoms with Crippen molar-refractivity contribution < 1.29 is 49.2 Å². The average molecular weight is 748 g/mol. The fourth-order valence-electron chi connectivity index (χ4n) is 5.21. The van der Waals surface area contributed by atoms with Gasteiger partial charge in [-0.2, -0.15) is 0 Å². The van der Waals surface area contributed by atoms with E-state index in [-0.39, 0.29) is 46.7 Å². The number of carboxylic acids is 2. The van der Waals surface area contributed by atoms with E-state index < -0.39 is 58.1 Å². The zero-order valence-electron chi connectivity index (χ0n) is 28.2. The van der Waals surface area contributed by atoms with Crippen molar-refractivity contribution >= 4 is 63.6 Å². The van der Waals surface area contributed by atoms with Crippen LogP contribution in [0.4, 0.5) is 5.13 Å². The Labute approximate surface area is 301 Å². The molecule has 17 nitrogen and oxygen atoms in total. The number of aromatic nitrogens is 1. The third kappa shape index (κ3) is 9.47. The molecular weight excluding hydrogens is 707 g/mol. The van der Waals surface area contributed by atoms with Gasteiger partial charge in [0.05, 0.1) is 0 Å². The molecule has 2 aromatic rings. The summed E-state index contributed by atoms with van der Waals surface area (Å²) in [6.07, 6.45) is 3.83. The fraction of sp³-hybridized carbons (Fsp3) is 0.469. The number of oxime groups is 1. The third-order valence-corrected chi connectivity index (χ3v) is 10.1. The Morgan fingerprint density at radius 1 is 1.14 bits per heavy atom. The van der Waals surface area contributed by atoms with Crippen LogP contribution in [-0.4, -0.2) is 120 Å². The van der Waals surface area contributed by atoms with Crippen LogP contribution in [0.1, 0.15) is 62.5 Å². The van der Waals surface area contributed by atoms with Gasteiger partial charge in [-0.05, 0) is 50.6 Å². The van der Waals surface area contributed by atoms with Crippen LogP contribution in [0.3, 0.4) is 0 Å². The standard InChI is InChI=1S/C32H41N7O10S2/c1-4-5-6-7-11-38(12-10-34-25(42)17-8-9-20(40)21(41)13-17)14-18-15-50-28-23(27(44)39(28)24(18)29(45)46)36-26(43)22(19-16-51-31(33)35-19)37-49-32(2,3)30(47)48/h8-9,13,16,23,28,40-41H,4-7,10-12,14-15H2,1-3H3,(H2,33,35)(H,34,42)(H,36,43)(H,45,46)(H,47,48)/b37-22-. The van der Waals surface area contributed by atoms with Gasteiger partial charge in [0, 0.05) is 36.3 Å². The minimum Gasteiger partial charge on any atom is -0.504 e. The summed E-state index contributed by atoms with van der Waals surface area (Å²) >= 11 is 2.29. The maximum atomic E-state index is 13.4. The van der Waals surface area contributed by atoms with Crippen molar-refractivity contribution in [3.63, 3.8) is 0 Å². The quantitative estimate of drug-likeness (QED) is 0.0377. The SMILES string of the molecule is CCCCCCN(CCNC(=O)c1ccc(O)c(O)c1)CC1=C(C(=O)O)N2C(=O)C(NC(=O)/C(=N\OC(C)(C)C(=O)O)c3csc(N)n3)C2SC1. The summed E-state index contributed by atoms with van der Waals surface area (Å²) in [5.74, 6) is -5.17. The number of carboxylic acid groups (broad SMARTS) is 2. The van der Waals surface area contributed by atoms with Gasteiger partial charge in [-0.25, -0.2) is 14.6 Å². The van der Waals surface area contributed by atoms with Gasteiger partial charge in [-0.3, -0.25) is 24.2 Å². The Balaban J connectivity index is 1.48. The first-order chi connectivity index (χ1) is 24.1. The number of phenolic OH excluding ortho intramolecular Hbond substituents is 2. The molecule has 0 aliphatic carbocycles. The summed E-state index contributed by atoms with van der Waals surface area (Å²) < 4.78 is 0. The topological polar surface area (TPSA) is 257 Å². The zero-order chi connectivity index (χ0) is 37.5. The zero-order valence-corrected chi connectivity index (χ0v) is 29.9. The number of rotatable bonds is 18. The Bertz CT molecular complexity index is 1730. The lowest BCUT2D eigenvalue weighted by atomic mass is 10.0. The van der Waals surface area contributed by atoms with E-state index in [0.29, 0.717) is 18.7 Å². The van der Waals surface area contributed by atoms with Gasteiger partial charge in [0.25, 0.3) is 17.7 Å². The smallest absolute Gasteiger partial charge is 0.352 e. The number of benzene rings is 1. The molecule has 0 saturated carbocycles. The lowest BCUT2D eigenvalue weighted by molar-refractivity contribution is -0.161. The number of thiazole rings is 1. The number of hydrogen-bond donors (Lipinski definition) is 7. The van der Waals surface area contributed by atoms with Crippen LogP contribution in [0.2, 0.25) is 0 Å². The molecular formula is C32H41N7O10S2. The second kappa shape index (κ2) is 16.9. The number of β-lactam (4-membered cyclic amide) rings is 1. The number of aromatic hydroxyl groups is 2. The number of fused-ring (bicyclic) bond motifs is 1. The Morgan fingerprint density at radius 2 is 1.88 bits per heavy atom. The predicted octanol–water partition coefficient (Wildman–Crippen LogP) is 1.77. The highest BCUT2D eigenvalue weighted by molar-refractivity contribution is 8.00. The summed E-state index contributed by atoms with van der Waals surface area (Å²) in [7, 11) is 0. The van der Waals surface area contributed by atoms with Gasteiger partial charge < -0.3 is 41.6 Å². The molecule has 1 saturated heterocycles. The van der Waals surface area contributed by atoms with Gasteiger partial charge in [0.2, 0.25) is 5.60 Å². The molecule has 0 spiro atoms. The Morgan fingerprint density at radius 3 is 2.51 bits per heavy atom. The van der Waals surface area contributed by atoms with E-state index in [9.17, 15) is 44.4 Å². The number of unbranched alkanes of at least 4 members (excludes halogenated alkanes) is 3. The summed E-state index contributed by atoms with van der Waals surface area (Å²) in [5.41, 5.74) is 4.00. The molecule has 276 valence electrons. The van der Waals surface area contributed by atoms with E-state index in [2.05, 4.69) is 27.7 Å². The number of phenols is 2. The van der Waals surface area contributed by atoms with E-state index in [1.54, 1.807) is 0 Å². The third-order valence-electron chi connectivity index (χ3n) is 8.09. The van der Waals surface area contributed by atoms with E-state index in [1.165, 1.54) is 43.1 Å². The minimum absolute atomic E-state index is 0.000882. The number of carbonyl (C=O) groups excluding carboxylic acids is 3. The van der Waals surface area contributed by atoms with Crippen LogP contribution < -0.4 is 16.4 Å². The lowest BCUT2D eigenvalue weighted by Gasteiger charge is -2.49. The average Bonchev–Trinajstić information content (AvgIpc) is 3.51. The second-order valence-electron chi connectivity index (χ2n) is 12.3. The molecule has 2 aliphatic heterocycles. The van der Waals surface area contributed by atoms with Crippen molar-refractivity contribution in [2.75, 3.05) is 37.7 Å². The molecule has 8 N–H and O–H groups in total. The molecule has 0 radical (unpaired) electrons. The summed E-state index contributed by atoms with van der Waals surface area (Å²) in [5, 5.41) is 48.8. The summed E-state index contributed by atoms with van der Waals surface area (Å²) in [4.78, 5) is 75.9. The number of nitrogens with one attached hydrogen (secondary N) is 2. The Hall–Kier alpha value is -4.88.